The molecule has 1 aliphatic rings. The fourth-order valence-electron chi connectivity index (χ4n) is 2.55. The maximum Gasteiger partial charge on any atom is 0.223 e. The van der Waals surface area contributed by atoms with Crippen molar-refractivity contribution in [2.75, 3.05) is 11.4 Å². The van der Waals surface area contributed by atoms with Crippen LogP contribution in [0.2, 0.25) is 0 Å². The van der Waals surface area contributed by atoms with Gasteiger partial charge in [0.15, 0.2) is 0 Å². The van der Waals surface area contributed by atoms with E-state index in [1.54, 1.807) is 19.3 Å². The van der Waals surface area contributed by atoms with Gasteiger partial charge < -0.3 is 4.90 Å². The van der Waals surface area contributed by atoms with Gasteiger partial charge in [0, 0.05) is 37.1 Å². The average molecular weight is 253 g/mol. The van der Waals surface area contributed by atoms with Gasteiger partial charge in [-0.1, -0.05) is 6.07 Å². The number of anilines is 1. The molecule has 1 aliphatic heterocycles. The smallest absolute Gasteiger partial charge is 0.223 e. The van der Waals surface area contributed by atoms with Gasteiger partial charge in [0.1, 0.15) is 6.33 Å². The molecule has 4 heteroatoms. The zero-order chi connectivity index (χ0) is 13.2. The minimum Gasteiger partial charge on any atom is -0.312 e. The van der Waals surface area contributed by atoms with Crippen LogP contribution in [0.3, 0.4) is 0 Å². The Hall–Kier alpha value is -2.23. The highest BCUT2D eigenvalue weighted by Gasteiger charge is 2.20. The minimum absolute atomic E-state index is 0.108. The summed E-state index contributed by atoms with van der Waals surface area (Å²) in [6.07, 6.45) is 7.17. The Bertz CT molecular complexity index is 610. The number of hydrogen-bond acceptors (Lipinski definition) is 3. The SMILES string of the molecule is CC(=O)N1CCCc2cc(-c3cncnc3)ccc21. The third-order valence-electron chi connectivity index (χ3n) is 3.47. The quantitative estimate of drug-likeness (QED) is 0.784. The van der Waals surface area contributed by atoms with Crippen LogP contribution in [-0.2, 0) is 11.2 Å². The number of hydrogen-bond donors (Lipinski definition) is 0. The molecule has 19 heavy (non-hydrogen) atoms. The Morgan fingerprint density at radius 3 is 2.74 bits per heavy atom. The number of amides is 1. The van der Waals surface area contributed by atoms with E-state index in [0.29, 0.717) is 0 Å². The zero-order valence-electron chi connectivity index (χ0n) is 10.8. The number of carbonyl (C=O) groups is 1. The van der Waals surface area contributed by atoms with Gasteiger partial charge in [0.05, 0.1) is 0 Å². The maximum atomic E-state index is 11.6. The van der Waals surface area contributed by atoms with E-state index in [-0.39, 0.29) is 5.91 Å². The number of aryl methyl sites for hydroxylation is 1. The minimum atomic E-state index is 0.108. The molecule has 0 radical (unpaired) electrons. The molecular weight excluding hydrogens is 238 g/mol. The first-order chi connectivity index (χ1) is 9.25. The lowest BCUT2D eigenvalue weighted by molar-refractivity contribution is -0.116. The highest BCUT2D eigenvalue weighted by atomic mass is 16.2. The van der Waals surface area contributed by atoms with E-state index in [4.69, 9.17) is 0 Å². The largest absolute Gasteiger partial charge is 0.312 e. The summed E-state index contributed by atoms with van der Waals surface area (Å²) in [5.74, 6) is 0.108. The Balaban J connectivity index is 2.03. The van der Waals surface area contributed by atoms with Crippen molar-refractivity contribution in [3.8, 4) is 11.1 Å². The Morgan fingerprint density at radius 2 is 2.00 bits per heavy atom. The summed E-state index contributed by atoms with van der Waals surface area (Å²) in [6.45, 7) is 2.43. The summed E-state index contributed by atoms with van der Waals surface area (Å²) in [7, 11) is 0. The number of aromatic nitrogens is 2. The standard InChI is InChI=1S/C15H15N3O/c1-11(19)18-6-2-3-13-7-12(4-5-15(13)18)14-8-16-10-17-9-14/h4-5,7-10H,2-3,6H2,1H3. The van der Waals surface area contributed by atoms with Gasteiger partial charge in [-0.2, -0.15) is 0 Å². The van der Waals surface area contributed by atoms with E-state index in [9.17, 15) is 4.79 Å². The van der Waals surface area contributed by atoms with Crippen molar-refractivity contribution in [1.82, 2.24) is 9.97 Å². The summed E-state index contributed by atoms with van der Waals surface area (Å²) in [4.78, 5) is 21.6. The highest BCUT2D eigenvalue weighted by Crippen LogP contribution is 2.31. The molecule has 96 valence electrons. The number of benzene rings is 1. The van der Waals surface area contributed by atoms with E-state index in [1.807, 2.05) is 17.0 Å². The average Bonchev–Trinajstić information content (AvgIpc) is 2.47. The molecule has 0 unspecified atom stereocenters. The van der Waals surface area contributed by atoms with Crippen molar-refractivity contribution in [2.45, 2.75) is 19.8 Å². The lowest BCUT2D eigenvalue weighted by Crippen LogP contribution is -2.33. The predicted molar refractivity (Wildman–Crippen MR) is 73.8 cm³/mol. The molecule has 0 spiro atoms. The van der Waals surface area contributed by atoms with Crippen LogP contribution in [0.1, 0.15) is 18.9 Å². The Morgan fingerprint density at radius 1 is 1.21 bits per heavy atom. The van der Waals surface area contributed by atoms with Crippen molar-refractivity contribution < 1.29 is 4.79 Å². The second-order valence-electron chi connectivity index (χ2n) is 4.74. The van der Waals surface area contributed by atoms with E-state index < -0.39 is 0 Å². The topological polar surface area (TPSA) is 46.1 Å². The Kier molecular flexibility index (Phi) is 2.99. The van der Waals surface area contributed by atoms with Gasteiger partial charge >= 0.3 is 0 Å². The molecular formula is C15H15N3O. The normalized spacial score (nSPS) is 14.1. The molecule has 3 rings (SSSR count). The van der Waals surface area contributed by atoms with Crippen molar-refractivity contribution in [1.29, 1.82) is 0 Å². The summed E-state index contributed by atoms with van der Waals surface area (Å²) < 4.78 is 0. The molecule has 0 saturated heterocycles. The molecule has 2 heterocycles. The number of fused-ring (bicyclic) bond motifs is 1. The molecule has 4 nitrogen and oxygen atoms in total. The van der Waals surface area contributed by atoms with Crippen LogP contribution in [0.4, 0.5) is 5.69 Å². The molecule has 0 aliphatic carbocycles. The van der Waals surface area contributed by atoms with Crippen LogP contribution >= 0.6 is 0 Å². The van der Waals surface area contributed by atoms with Crippen molar-refractivity contribution in [3.63, 3.8) is 0 Å². The summed E-state index contributed by atoms with van der Waals surface area (Å²) >= 11 is 0. The van der Waals surface area contributed by atoms with Gasteiger partial charge in [0.25, 0.3) is 0 Å². The molecule has 1 aromatic carbocycles. The van der Waals surface area contributed by atoms with Crippen LogP contribution in [-0.4, -0.2) is 22.4 Å². The van der Waals surface area contributed by atoms with Gasteiger partial charge in [-0.3, -0.25) is 4.79 Å². The number of rotatable bonds is 1. The lowest BCUT2D eigenvalue weighted by Gasteiger charge is -2.28. The van der Waals surface area contributed by atoms with Crippen molar-refractivity contribution in [2.24, 2.45) is 0 Å². The maximum absolute atomic E-state index is 11.6. The summed E-state index contributed by atoms with van der Waals surface area (Å²) in [6, 6.07) is 6.19. The van der Waals surface area contributed by atoms with Gasteiger partial charge in [0.2, 0.25) is 5.91 Å². The van der Waals surface area contributed by atoms with Crippen molar-refractivity contribution >= 4 is 11.6 Å². The highest BCUT2D eigenvalue weighted by molar-refractivity contribution is 5.93. The second-order valence-corrected chi connectivity index (χ2v) is 4.74. The molecule has 0 fully saturated rings. The Labute approximate surface area is 112 Å². The van der Waals surface area contributed by atoms with E-state index in [0.717, 1.165) is 36.2 Å². The number of carbonyl (C=O) groups excluding carboxylic acids is 1. The van der Waals surface area contributed by atoms with Crippen LogP contribution in [0.15, 0.2) is 36.9 Å². The van der Waals surface area contributed by atoms with Gasteiger partial charge in [-0.25, -0.2) is 9.97 Å². The van der Waals surface area contributed by atoms with Crippen LogP contribution in [0, 0.1) is 0 Å². The number of nitrogens with zero attached hydrogens (tertiary/aromatic N) is 3. The predicted octanol–water partition coefficient (Wildman–Crippen LogP) is 2.44. The molecule has 1 amide bonds. The van der Waals surface area contributed by atoms with E-state index >= 15 is 0 Å². The molecule has 0 N–H and O–H groups in total. The van der Waals surface area contributed by atoms with Crippen LogP contribution in [0.5, 0.6) is 0 Å². The first-order valence-electron chi connectivity index (χ1n) is 6.42. The molecule has 0 bridgehead atoms. The summed E-state index contributed by atoms with van der Waals surface area (Å²) in [5.41, 5.74) is 4.37. The van der Waals surface area contributed by atoms with Crippen molar-refractivity contribution in [3.05, 3.63) is 42.5 Å². The molecule has 1 aromatic heterocycles. The van der Waals surface area contributed by atoms with Crippen LogP contribution < -0.4 is 4.90 Å². The lowest BCUT2D eigenvalue weighted by atomic mass is 9.97. The van der Waals surface area contributed by atoms with E-state index in [1.165, 1.54) is 11.9 Å². The fraction of sp³-hybridized carbons (Fsp3) is 0.267. The first-order valence-corrected chi connectivity index (χ1v) is 6.42. The fourth-order valence-corrected chi connectivity index (χ4v) is 2.55. The summed E-state index contributed by atoms with van der Waals surface area (Å²) in [5, 5.41) is 0. The molecule has 0 saturated carbocycles. The third-order valence-corrected chi connectivity index (χ3v) is 3.47. The van der Waals surface area contributed by atoms with Gasteiger partial charge in [-0.15, -0.1) is 0 Å². The molecule has 0 atom stereocenters. The first kappa shape index (κ1) is 11.8. The van der Waals surface area contributed by atoms with Gasteiger partial charge in [-0.05, 0) is 36.1 Å². The third kappa shape index (κ3) is 2.21. The van der Waals surface area contributed by atoms with Crippen LogP contribution in [0.25, 0.3) is 11.1 Å². The zero-order valence-corrected chi connectivity index (χ0v) is 10.8. The van der Waals surface area contributed by atoms with E-state index in [2.05, 4.69) is 16.0 Å². The monoisotopic (exact) mass is 253 g/mol. The second kappa shape index (κ2) is 4.80. The molecule has 2 aromatic rings.